The van der Waals surface area contributed by atoms with Gasteiger partial charge < -0.3 is 24.6 Å². The number of carboxylic acids is 1. The zero-order valence-electron chi connectivity index (χ0n) is 18.8. The quantitative estimate of drug-likeness (QED) is 0.467. The van der Waals surface area contributed by atoms with Crippen molar-refractivity contribution < 1.29 is 28.9 Å². The van der Waals surface area contributed by atoms with E-state index >= 15 is 0 Å². The van der Waals surface area contributed by atoms with Gasteiger partial charge in [-0.25, -0.2) is 4.79 Å². The van der Waals surface area contributed by atoms with Gasteiger partial charge in [0, 0.05) is 12.3 Å². The smallest absolute Gasteiger partial charge is 0.407 e. The van der Waals surface area contributed by atoms with Crippen LogP contribution in [0.1, 0.15) is 41.5 Å². The molecule has 0 saturated carbocycles. The minimum absolute atomic E-state index is 0.0986. The molecule has 8 heteroatoms. The van der Waals surface area contributed by atoms with Crippen LogP contribution in [0.5, 0.6) is 11.5 Å². The molecule has 180 valence electrons. The fraction of sp³-hybridized carbons (Fsp3) is 0.259. The molecule has 5 rings (SSSR count). The van der Waals surface area contributed by atoms with E-state index in [4.69, 9.17) is 25.8 Å². The maximum Gasteiger partial charge on any atom is 0.407 e. The number of rotatable bonds is 6. The fourth-order valence-electron chi connectivity index (χ4n) is 4.66. The van der Waals surface area contributed by atoms with Crippen molar-refractivity contribution in [1.29, 1.82) is 0 Å². The van der Waals surface area contributed by atoms with Crippen molar-refractivity contribution >= 4 is 23.7 Å². The lowest BCUT2D eigenvalue weighted by molar-refractivity contribution is -0.137. The number of ether oxygens (including phenoxy) is 3. The largest absolute Gasteiger partial charge is 0.489 e. The summed E-state index contributed by atoms with van der Waals surface area (Å²) >= 11 is 6.38. The number of carbonyl (C=O) groups excluding carboxylic acids is 1. The summed E-state index contributed by atoms with van der Waals surface area (Å²) in [5, 5.41) is 12.4. The summed E-state index contributed by atoms with van der Waals surface area (Å²) in [6.45, 7) is 1.06. The van der Waals surface area contributed by atoms with Crippen molar-refractivity contribution in [2.24, 2.45) is 0 Å². The molecule has 1 amide bonds. The van der Waals surface area contributed by atoms with Gasteiger partial charge in [0.15, 0.2) is 11.5 Å². The molecule has 3 aromatic rings. The first-order valence-electron chi connectivity index (χ1n) is 11.4. The lowest BCUT2D eigenvalue weighted by Crippen LogP contribution is -2.31. The Bertz CT molecular complexity index is 1230. The van der Waals surface area contributed by atoms with Gasteiger partial charge in [-0.05, 0) is 39.9 Å². The topological polar surface area (TPSA) is 94.1 Å². The number of benzene rings is 3. The zero-order valence-corrected chi connectivity index (χ0v) is 19.6. The zero-order chi connectivity index (χ0) is 24.4. The Balaban J connectivity index is 1.33. The van der Waals surface area contributed by atoms with Gasteiger partial charge in [-0.2, -0.15) is 0 Å². The van der Waals surface area contributed by atoms with E-state index in [1.165, 1.54) is 0 Å². The molecule has 2 aliphatic rings. The van der Waals surface area contributed by atoms with E-state index in [-0.39, 0.29) is 18.9 Å². The molecule has 0 aromatic heterocycles. The third kappa shape index (κ3) is 4.77. The second-order valence-corrected chi connectivity index (χ2v) is 8.91. The normalized spacial score (nSPS) is 14.9. The van der Waals surface area contributed by atoms with Crippen molar-refractivity contribution in [1.82, 2.24) is 5.32 Å². The third-order valence-corrected chi connectivity index (χ3v) is 6.52. The molecule has 1 aliphatic heterocycles. The number of carboxylic acid groups (broad SMARTS) is 1. The first-order chi connectivity index (χ1) is 17.0. The highest BCUT2D eigenvalue weighted by molar-refractivity contribution is 6.32. The maximum absolute atomic E-state index is 12.8. The van der Waals surface area contributed by atoms with Crippen LogP contribution in [-0.4, -0.2) is 37.0 Å². The molecule has 35 heavy (non-hydrogen) atoms. The summed E-state index contributed by atoms with van der Waals surface area (Å²) in [5.74, 6) is -0.325. The highest BCUT2D eigenvalue weighted by atomic mass is 35.5. The van der Waals surface area contributed by atoms with E-state index in [2.05, 4.69) is 17.4 Å². The number of nitrogens with one attached hydrogen (secondary N) is 1. The van der Waals surface area contributed by atoms with Gasteiger partial charge in [0.2, 0.25) is 0 Å². The third-order valence-electron chi connectivity index (χ3n) is 6.24. The van der Waals surface area contributed by atoms with Gasteiger partial charge in [-0.15, -0.1) is 0 Å². The number of hydrogen-bond acceptors (Lipinski definition) is 5. The number of hydrogen-bond donors (Lipinski definition) is 2. The summed E-state index contributed by atoms with van der Waals surface area (Å²) in [5.41, 5.74) is 4.94. The van der Waals surface area contributed by atoms with Crippen molar-refractivity contribution in [3.8, 4) is 22.6 Å². The summed E-state index contributed by atoms with van der Waals surface area (Å²) in [4.78, 5) is 24.4. The van der Waals surface area contributed by atoms with E-state index in [0.29, 0.717) is 41.7 Å². The molecule has 1 aliphatic carbocycles. The standard InChI is InChI=1S/C27H24ClNO6/c28-22-12-16(13-24-26(22)34-11-5-10-33-24)23(14-25(30)31)29-27(32)35-15-21-19-8-3-1-6-17(19)18-7-2-4-9-20(18)21/h1-4,6-9,12-13,21,23H,5,10-11,14-15H2,(H,29,32)(H,30,31)/t23-/m1/s1. The summed E-state index contributed by atoms with van der Waals surface area (Å²) < 4.78 is 17.0. The molecular formula is C27H24ClNO6. The number of fused-ring (bicyclic) bond motifs is 4. The average Bonchev–Trinajstić information content (AvgIpc) is 2.97. The fourth-order valence-corrected chi connectivity index (χ4v) is 4.93. The Labute approximate surface area is 207 Å². The van der Waals surface area contributed by atoms with Crippen molar-refractivity contribution in [3.63, 3.8) is 0 Å². The molecule has 7 nitrogen and oxygen atoms in total. The predicted molar refractivity (Wildman–Crippen MR) is 130 cm³/mol. The van der Waals surface area contributed by atoms with Crippen LogP contribution in [0.25, 0.3) is 11.1 Å². The monoisotopic (exact) mass is 493 g/mol. The number of amides is 1. The SMILES string of the molecule is O=C(O)C[C@@H](NC(=O)OCC1c2ccccc2-c2ccccc21)c1cc(Cl)c2c(c1)OCCCO2. The Kier molecular flexibility index (Phi) is 6.51. The molecule has 0 saturated heterocycles. The lowest BCUT2D eigenvalue weighted by atomic mass is 9.98. The molecule has 3 aromatic carbocycles. The van der Waals surface area contributed by atoms with E-state index in [1.54, 1.807) is 12.1 Å². The lowest BCUT2D eigenvalue weighted by Gasteiger charge is -2.21. The number of alkyl carbamates (subject to hydrolysis) is 1. The Hall–Kier alpha value is -3.71. The Morgan fingerprint density at radius 2 is 1.69 bits per heavy atom. The molecule has 1 atom stereocenters. The molecule has 0 unspecified atom stereocenters. The van der Waals surface area contributed by atoms with Gasteiger partial charge in [0.1, 0.15) is 6.61 Å². The Morgan fingerprint density at radius 1 is 1.03 bits per heavy atom. The molecule has 0 fully saturated rings. The van der Waals surface area contributed by atoms with E-state index in [9.17, 15) is 14.7 Å². The summed E-state index contributed by atoms with van der Waals surface area (Å²) in [6.07, 6.45) is -0.349. The number of halogens is 1. The highest BCUT2D eigenvalue weighted by Gasteiger charge is 2.30. The molecule has 0 bridgehead atoms. The molecule has 0 spiro atoms. The molecule has 0 radical (unpaired) electrons. The van der Waals surface area contributed by atoms with Gasteiger partial charge in [-0.1, -0.05) is 60.1 Å². The van der Waals surface area contributed by atoms with Crippen molar-refractivity contribution in [3.05, 3.63) is 82.4 Å². The first-order valence-corrected chi connectivity index (χ1v) is 11.8. The van der Waals surface area contributed by atoms with Crippen molar-refractivity contribution in [2.45, 2.75) is 24.8 Å². The van der Waals surface area contributed by atoms with E-state index in [0.717, 1.165) is 22.3 Å². The van der Waals surface area contributed by atoms with E-state index < -0.39 is 18.1 Å². The van der Waals surface area contributed by atoms with E-state index in [1.807, 2.05) is 36.4 Å². The van der Waals surface area contributed by atoms with Gasteiger partial charge in [-0.3, -0.25) is 4.79 Å². The van der Waals surface area contributed by atoms with Crippen LogP contribution in [0.4, 0.5) is 4.79 Å². The minimum Gasteiger partial charge on any atom is -0.489 e. The second-order valence-electron chi connectivity index (χ2n) is 8.50. The van der Waals surface area contributed by atoms with Crippen molar-refractivity contribution in [2.75, 3.05) is 19.8 Å². The first kappa shape index (κ1) is 23.1. The molecule has 2 N–H and O–H groups in total. The maximum atomic E-state index is 12.8. The summed E-state index contributed by atoms with van der Waals surface area (Å²) in [7, 11) is 0. The van der Waals surface area contributed by atoms with Crippen LogP contribution in [0.2, 0.25) is 5.02 Å². The van der Waals surface area contributed by atoms with Gasteiger partial charge in [0.05, 0.1) is 30.7 Å². The highest BCUT2D eigenvalue weighted by Crippen LogP contribution is 2.44. The predicted octanol–water partition coefficient (Wildman–Crippen LogP) is 5.56. The molecular weight excluding hydrogens is 470 g/mol. The Morgan fingerprint density at radius 3 is 2.37 bits per heavy atom. The second kappa shape index (κ2) is 9.88. The summed E-state index contributed by atoms with van der Waals surface area (Å²) in [6, 6.07) is 18.5. The minimum atomic E-state index is -1.07. The van der Waals surface area contributed by atoms with Crippen LogP contribution in [0.15, 0.2) is 60.7 Å². The molecule has 1 heterocycles. The number of carbonyl (C=O) groups is 2. The van der Waals surface area contributed by atoms with Crippen LogP contribution in [0, 0.1) is 0 Å². The van der Waals surface area contributed by atoms with Crippen LogP contribution in [0.3, 0.4) is 0 Å². The van der Waals surface area contributed by atoms with Gasteiger partial charge >= 0.3 is 12.1 Å². The van der Waals surface area contributed by atoms with Gasteiger partial charge in [0.25, 0.3) is 0 Å². The van der Waals surface area contributed by atoms with Crippen LogP contribution in [-0.2, 0) is 9.53 Å². The van der Waals surface area contributed by atoms with Crippen LogP contribution < -0.4 is 14.8 Å². The number of aliphatic carboxylic acids is 1. The average molecular weight is 494 g/mol. The van der Waals surface area contributed by atoms with Crippen LogP contribution >= 0.6 is 11.6 Å².